The van der Waals surface area contributed by atoms with Crippen LogP contribution in [0, 0.1) is 5.82 Å². The number of halogens is 1. The fourth-order valence-corrected chi connectivity index (χ4v) is 4.38. The molecule has 1 fully saturated rings. The second-order valence-electron chi connectivity index (χ2n) is 9.28. The van der Waals surface area contributed by atoms with E-state index in [1.54, 1.807) is 17.3 Å². The molecule has 1 heterocycles. The normalized spacial score (nSPS) is 14.8. The number of Topliss-reactive ketones (excluding diaryl/α,β-unsaturated/α-hetero) is 1. The Hall–Kier alpha value is -3.32. The van der Waals surface area contributed by atoms with Gasteiger partial charge in [0.2, 0.25) is 0 Å². The Morgan fingerprint density at radius 1 is 1.14 bits per heavy atom. The monoisotopic (exact) mass is 477 g/mol. The Kier molecular flexibility index (Phi) is 7.17. The number of carbonyl (C=O) groups excluding carboxylic acids is 2. The molecule has 1 aliphatic rings. The third-order valence-corrected chi connectivity index (χ3v) is 6.65. The average Bonchev–Trinajstić information content (AvgIpc) is 3.51. The number of rotatable bonds is 10. The Balaban J connectivity index is 1.49. The highest BCUT2D eigenvalue weighted by Crippen LogP contribution is 2.38. The predicted molar refractivity (Wildman–Crippen MR) is 134 cm³/mol. The molecule has 7 heteroatoms. The maximum Gasteiger partial charge on any atom is 0.256 e. The van der Waals surface area contributed by atoms with Crippen molar-refractivity contribution in [2.24, 2.45) is 7.05 Å². The molecular weight excluding hydrogens is 445 g/mol. The van der Waals surface area contributed by atoms with Gasteiger partial charge in [-0.15, -0.1) is 0 Å². The quantitative estimate of drug-likeness (QED) is 0.415. The molecule has 184 valence electrons. The van der Waals surface area contributed by atoms with E-state index in [0.717, 1.165) is 23.0 Å². The predicted octanol–water partition coefficient (Wildman–Crippen LogP) is 5.05. The van der Waals surface area contributed by atoms with Gasteiger partial charge in [0.25, 0.3) is 5.91 Å². The summed E-state index contributed by atoms with van der Waals surface area (Å²) in [6, 6.07) is 10.5. The van der Waals surface area contributed by atoms with E-state index < -0.39 is 11.4 Å². The molecule has 1 aromatic heterocycles. The average molecular weight is 478 g/mol. The molecule has 4 rings (SSSR count). The number of ketones is 1. The van der Waals surface area contributed by atoms with Crippen LogP contribution >= 0.6 is 0 Å². The molecule has 0 saturated heterocycles. The summed E-state index contributed by atoms with van der Waals surface area (Å²) < 4.78 is 17.0. The number of imidazole rings is 1. The zero-order valence-corrected chi connectivity index (χ0v) is 20.6. The van der Waals surface area contributed by atoms with Gasteiger partial charge < -0.3 is 14.6 Å². The summed E-state index contributed by atoms with van der Waals surface area (Å²) in [4.78, 5) is 31.6. The van der Waals surface area contributed by atoms with Gasteiger partial charge in [-0.2, -0.15) is 0 Å². The molecule has 1 aliphatic carbocycles. The van der Waals surface area contributed by atoms with Crippen LogP contribution in [0.3, 0.4) is 0 Å². The van der Waals surface area contributed by atoms with E-state index in [9.17, 15) is 14.7 Å². The van der Waals surface area contributed by atoms with E-state index in [1.165, 1.54) is 12.1 Å². The highest BCUT2D eigenvalue weighted by molar-refractivity contribution is 6.03. The Bertz CT molecular complexity index is 1290. The van der Waals surface area contributed by atoms with E-state index in [2.05, 4.69) is 4.98 Å². The van der Waals surface area contributed by atoms with Crippen LogP contribution in [-0.2, 0) is 11.8 Å². The van der Waals surface area contributed by atoms with Crippen molar-refractivity contribution in [1.29, 1.82) is 0 Å². The zero-order valence-electron chi connectivity index (χ0n) is 20.6. The first kappa shape index (κ1) is 24.8. The summed E-state index contributed by atoms with van der Waals surface area (Å²) in [6.07, 6.45) is 6.30. The fourth-order valence-electron chi connectivity index (χ4n) is 4.38. The van der Waals surface area contributed by atoms with Crippen molar-refractivity contribution in [3.05, 3.63) is 65.8 Å². The molecule has 0 unspecified atom stereocenters. The minimum atomic E-state index is -1.19. The van der Waals surface area contributed by atoms with Gasteiger partial charge in [0, 0.05) is 20.1 Å². The maximum atomic E-state index is 15.1. The van der Waals surface area contributed by atoms with Crippen LogP contribution in [0.4, 0.5) is 4.39 Å². The highest BCUT2D eigenvalue weighted by atomic mass is 19.1. The first-order chi connectivity index (χ1) is 16.8. The van der Waals surface area contributed by atoms with Crippen LogP contribution < -0.4 is 0 Å². The van der Waals surface area contributed by atoms with Crippen molar-refractivity contribution in [2.75, 3.05) is 13.1 Å². The zero-order chi connectivity index (χ0) is 25.2. The Morgan fingerprint density at radius 3 is 2.51 bits per heavy atom. The molecule has 0 atom stereocenters. The molecule has 2 aromatic carbocycles. The largest absolute Gasteiger partial charge is 0.382 e. The number of aromatic nitrogens is 2. The van der Waals surface area contributed by atoms with Gasteiger partial charge in [-0.3, -0.25) is 9.59 Å². The lowest BCUT2D eigenvalue weighted by Gasteiger charge is -2.22. The molecule has 1 amide bonds. The molecule has 0 bridgehead atoms. The number of nitrogens with zero attached hydrogens (tertiary/aromatic N) is 3. The summed E-state index contributed by atoms with van der Waals surface area (Å²) in [6.45, 7) is 4.71. The number of benzene rings is 2. The molecule has 0 spiro atoms. The number of aryl methyl sites for hydroxylation is 1. The number of aliphatic hydroxyl groups is 1. The van der Waals surface area contributed by atoms with Crippen molar-refractivity contribution in [2.45, 2.75) is 51.6 Å². The van der Waals surface area contributed by atoms with Gasteiger partial charge in [0.1, 0.15) is 11.4 Å². The standard InChI is InChI=1S/C28H32FN3O3/c1-4-14-32(15-6-7-19(5-2)26(33)28(35)12-13-28)27(34)22-10-8-20(16-23(22)29)21-9-11-25-24(17-21)30-18-31(25)3/h7-11,16-18,35H,4-6,12-15H2,1-3H3/b19-7-. The minimum Gasteiger partial charge on any atom is -0.382 e. The number of hydrogen-bond acceptors (Lipinski definition) is 4. The van der Waals surface area contributed by atoms with Crippen molar-refractivity contribution >= 4 is 22.7 Å². The number of fused-ring (bicyclic) bond motifs is 1. The van der Waals surface area contributed by atoms with Crippen LogP contribution in [0.5, 0.6) is 0 Å². The van der Waals surface area contributed by atoms with Crippen LogP contribution in [0.25, 0.3) is 22.2 Å². The molecule has 6 nitrogen and oxygen atoms in total. The molecule has 0 radical (unpaired) electrons. The van der Waals surface area contributed by atoms with Gasteiger partial charge in [-0.1, -0.05) is 32.1 Å². The first-order valence-electron chi connectivity index (χ1n) is 12.2. The van der Waals surface area contributed by atoms with E-state index in [4.69, 9.17) is 0 Å². The van der Waals surface area contributed by atoms with Gasteiger partial charge in [-0.05, 0) is 73.1 Å². The topological polar surface area (TPSA) is 75.4 Å². The third-order valence-electron chi connectivity index (χ3n) is 6.65. The summed E-state index contributed by atoms with van der Waals surface area (Å²) in [5.41, 5.74) is 2.76. The van der Waals surface area contributed by atoms with Crippen molar-refractivity contribution < 1.29 is 19.1 Å². The third kappa shape index (κ3) is 5.20. The lowest BCUT2D eigenvalue weighted by molar-refractivity contribution is -0.125. The molecule has 0 aliphatic heterocycles. The lowest BCUT2D eigenvalue weighted by atomic mass is 10.0. The highest BCUT2D eigenvalue weighted by Gasteiger charge is 2.48. The van der Waals surface area contributed by atoms with Gasteiger partial charge in [-0.25, -0.2) is 9.37 Å². The first-order valence-corrected chi connectivity index (χ1v) is 12.2. The summed E-state index contributed by atoms with van der Waals surface area (Å²) >= 11 is 0. The summed E-state index contributed by atoms with van der Waals surface area (Å²) in [5, 5.41) is 10.1. The molecule has 1 saturated carbocycles. The molecule has 1 N–H and O–H groups in total. The number of amides is 1. The van der Waals surface area contributed by atoms with E-state index in [0.29, 0.717) is 49.9 Å². The summed E-state index contributed by atoms with van der Waals surface area (Å²) in [5.74, 6) is -1.14. The molecule has 35 heavy (non-hydrogen) atoms. The Labute approximate surface area is 205 Å². The molecule has 3 aromatic rings. The molecular formula is C28H32FN3O3. The SMILES string of the molecule is CCCN(CC/C=C(/CC)C(=O)C1(O)CC1)C(=O)c1ccc(-c2ccc3c(c2)ncn3C)cc1F. The van der Waals surface area contributed by atoms with Gasteiger partial charge in [0.15, 0.2) is 5.78 Å². The van der Waals surface area contributed by atoms with E-state index in [-0.39, 0.29) is 17.3 Å². The Morgan fingerprint density at radius 2 is 1.86 bits per heavy atom. The maximum absolute atomic E-state index is 15.1. The number of carbonyl (C=O) groups is 2. The van der Waals surface area contributed by atoms with Crippen LogP contribution in [-0.4, -0.2) is 49.9 Å². The number of hydrogen-bond donors (Lipinski definition) is 1. The second kappa shape index (κ2) is 10.1. The van der Waals surface area contributed by atoms with Crippen LogP contribution in [0.15, 0.2) is 54.4 Å². The van der Waals surface area contributed by atoms with Crippen molar-refractivity contribution in [3.8, 4) is 11.1 Å². The van der Waals surface area contributed by atoms with Gasteiger partial charge >= 0.3 is 0 Å². The lowest BCUT2D eigenvalue weighted by Crippen LogP contribution is -2.33. The smallest absolute Gasteiger partial charge is 0.256 e. The second-order valence-corrected chi connectivity index (χ2v) is 9.28. The fraction of sp³-hybridized carbons (Fsp3) is 0.393. The van der Waals surface area contributed by atoms with Gasteiger partial charge in [0.05, 0.1) is 22.9 Å². The van der Waals surface area contributed by atoms with Crippen LogP contribution in [0.1, 0.15) is 56.3 Å². The van der Waals surface area contributed by atoms with Crippen molar-refractivity contribution in [3.63, 3.8) is 0 Å². The van der Waals surface area contributed by atoms with Crippen LogP contribution in [0.2, 0.25) is 0 Å². The van der Waals surface area contributed by atoms with E-state index in [1.807, 2.05) is 49.7 Å². The van der Waals surface area contributed by atoms with E-state index >= 15 is 4.39 Å². The van der Waals surface area contributed by atoms with Crippen molar-refractivity contribution in [1.82, 2.24) is 14.5 Å². The summed E-state index contributed by atoms with van der Waals surface area (Å²) in [7, 11) is 1.92. The minimum absolute atomic E-state index is 0.0316.